The molecule has 0 amide bonds. The SMILES string of the molecule is C1=CC2C3CC(C4=C3C3C=CC4C3)C2C1. The van der Waals surface area contributed by atoms with Gasteiger partial charge in [-0.05, 0) is 54.8 Å². The third kappa shape index (κ3) is 0.660. The van der Waals surface area contributed by atoms with Gasteiger partial charge in [-0.3, -0.25) is 0 Å². The summed E-state index contributed by atoms with van der Waals surface area (Å²) < 4.78 is 0. The maximum Gasteiger partial charge on any atom is -0.000837 e. The monoisotopic (exact) mass is 196 g/mol. The molecule has 0 heterocycles. The van der Waals surface area contributed by atoms with Gasteiger partial charge in [0.15, 0.2) is 0 Å². The molecule has 0 heteroatoms. The van der Waals surface area contributed by atoms with Gasteiger partial charge in [-0.25, -0.2) is 0 Å². The van der Waals surface area contributed by atoms with E-state index in [4.69, 9.17) is 0 Å². The van der Waals surface area contributed by atoms with Gasteiger partial charge in [-0.15, -0.1) is 0 Å². The second-order valence-electron chi connectivity index (χ2n) is 6.10. The Balaban J connectivity index is 1.69. The molecule has 0 saturated heterocycles. The van der Waals surface area contributed by atoms with E-state index in [-0.39, 0.29) is 0 Å². The lowest BCUT2D eigenvalue weighted by atomic mass is 9.74. The van der Waals surface area contributed by atoms with Gasteiger partial charge < -0.3 is 0 Å². The van der Waals surface area contributed by atoms with E-state index in [9.17, 15) is 0 Å². The quantitative estimate of drug-likeness (QED) is 0.412. The second kappa shape index (κ2) is 2.16. The molecule has 5 rings (SSSR count). The fraction of sp³-hybridized carbons (Fsp3) is 0.600. The average Bonchev–Trinajstić information content (AvgIpc) is 3.03. The molecule has 0 N–H and O–H groups in total. The predicted octanol–water partition coefficient (Wildman–Crippen LogP) is 3.33. The van der Waals surface area contributed by atoms with Crippen LogP contribution >= 0.6 is 0 Å². The molecule has 0 nitrogen and oxygen atoms in total. The Hall–Kier alpha value is -0.780. The van der Waals surface area contributed by atoms with E-state index in [0.717, 1.165) is 35.5 Å². The number of hydrogen-bond donors (Lipinski definition) is 0. The lowest BCUT2D eigenvalue weighted by molar-refractivity contribution is 0.365. The van der Waals surface area contributed by atoms with Crippen LogP contribution in [0.15, 0.2) is 35.5 Å². The minimum Gasteiger partial charge on any atom is -0.0879 e. The molecule has 15 heavy (non-hydrogen) atoms. The summed E-state index contributed by atoms with van der Waals surface area (Å²) in [6.07, 6.45) is 14.3. The van der Waals surface area contributed by atoms with Crippen molar-refractivity contribution in [1.82, 2.24) is 0 Å². The maximum atomic E-state index is 2.54. The molecule has 6 atom stereocenters. The zero-order valence-electron chi connectivity index (χ0n) is 8.89. The highest BCUT2D eigenvalue weighted by Gasteiger charge is 2.57. The van der Waals surface area contributed by atoms with E-state index in [1.807, 2.05) is 11.1 Å². The highest BCUT2D eigenvalue weighted by atomic mass is 14.6. The Bertz CT molecular complexity index is 437. The molecule has 0 spiro atoms. The summed E-state index contributed by atoms with van der Waals surface area (Å²) in [6, 6.07) is 0. The lowest BCUT2D eigenvalue weighted by Crippen LogP contribution is -2.22. The van der Waals surface area contributed by atoms with Crippen LogP contribution in [0.3, 0.4) is 0 Å². The molecule has 76 valence electrons. The summed E-state index contributed by atoms with van der Waals surface area (Å²) in [7, 11) is 0. The van der Waals surface area contributed by atoms with Gasteiger partial charge in [0.1, 0.15) is 0 Å². The fourth-order valence-corrected chi connectivity index (χ4v) is 5.42. The van der Waals surface area contributed by atoms with Gasteiger partial charge in [0, 0.05) is 0 Å². The van der Waals surface area contributed by atoms with E-state index in [1.54, 1.807) is 0 Å². The number of rotatable bonds is 0. The standard InChI is InChI=1S/C15H16/c1-2-10-11(3-1)13-7-12(10)14-8-4-5-9(6-8)15(13)14/h1-2,4-5,8-13H,3,6-7H2. The molecule has 4 bridgehead atoms. The van der Waals surface area contributed by atoms with E-state index in [2.05, 4.69) is 24.3 Å². The average molecular weight is 196 g/mol. The summed E-state index contributed by atoms with van der Waals surface area (Å²) in [5, 5.41) is 0. The number of fused-ring (bicyclic) bond motifs is 11. The van der Waals surface area contributed by atoms with Crippen molar-refractivity contribution in [3.63, 3.8) is 0 Å². The topological polar surface area (TPSA) is 0 Å². The Morgan fingerprint density at radius 1 is 0.867 bits per heavy atom. The normalized spacial score (nSPS) is 57.1. The van der Waals surface area contributed by atoms with Crippen LogP contribution in [-0.4, -0.2) is 0 Å². The highest BCUT2D eigenvalue weighted by molar-refractivity contribution is 5.48. The molecule has 0 aliphatic heterocycles. The summed E-state index contributed by atoms with van der Waals surface area (Å²) in [5.41, 5.74) is 3.85. The van der Waals surface area contributed by atoms with Crippen LogP contribution in [0.1, 0.15) is 19.3 Å². The van der Waals surface area contributed by atoms with Crippen LogP contribution in [0.2, 0.25) is 0 Å². The second-order valence-corrected chi connectivity index (χ2v) is 6.10. The summed E-state index contributed by atoms with van der Waals surface area (Å²) >= 11 is 0. The van der Waals surface area contributed by atoms with Gasteiger partial charge in [0.2, 0.25) is 0 Å². The van der Waals surface area contributed by atoms with Crippen molar-refractivity contribution in [2.24, 2.45) is 35.5 Å². The smallest absolute Gasteiger partial charge is 0.000837 e. The van der Waals surface area contributed by atoms with Crippen molar-refractivity contribution < 1.29 is 0 Å². The number of hydrogen-bond acceptors (Lipinski definition) is 0. The van der Waals surface area contributed by atoms with E-state index >= 15 is 0 Å². The molecule has 0 aromatic heterocycles. The fourth-order valence-electron chi connectivity index (χ4n) is 5.42. The molecule has 0 radical (unpaired) electrons. The van der Waals surface area contributed by atoms with Crippen molar-refractivity contribution in [1.29, 1.82) is 0 Å². The van der Waals surface area contributed by atoms with Crippen molar-refractivity contribution in [2.75, 3.05) is 0 Å². The molecule has 1 fully saturated rings. The largest absolute Gasteiger partial charge is 0.0879 e. The summed E-state index contributed by atoms with van der Waals surface area (Å²) in [5.74, 6) is 5.66. The van der Waals surface area contributed by atoms with Gasteiger partial charge in [-0.1, -0.05) is 35.5 Å². The summed E-state index contributed by atoms with van der Waals surface area (Å²) in [4.78, 5) is 0. The Labute approximate surface area is 90.8 Å². The van der Waals surface area contributed by atoms with Crippen LogP contribution < -0.4 is 0 Å². The van der Waals surface area contributed by atoms with Crippen LogP contribution in [-0.2, 0) is 0 Å². The molecule has 0 aromatic carbocycles. The third-order valence-electron chi connectivity index (χ3n) is 5.77. The Morgan fingerprint density at radius 3 is 2.53 bits per heavy atom. The molecule has 0 aromatic rings. The van der Waals surface area contributed by atoms with Crippen molar-refractivity contribution in [2.45, 2.75) is 19.3 Å². The zero-order chi connectivity index (χ0) is 9.57. The Kier molecular flexibility index (Phi) is 1.08. The van der Waals surface area contributed by atoms with Crippen molar-refractivity contribution in [3.05, 3.63) is 35.5 Å². The lowest BCUT2D eigenvalue weighted by Gasteiger charge is -2.30. The maximum absolute atomic E-state index is 2.54. The minimum atomic E-state index is 0.870. The van der Waals surface area contributed by atoms with E-state index < -0.39 is 0 Å². The van der Waals surface area contributed by atoms with Crippen LogP contribution in [0.5, 0.6) is 0 Å². The molecular formula is C15H16. The number of allylic oxidation sites excluding steroid dienone is 6. The summed E-state index contributed by atoms with van der Waals surface area (Å²) in [6.45, 7) is 0. The van der Waals surface area contributed by atoms with E-state index in [1.165, 1.54) is 19.3 Å². The van der Waals surface area contributed by atoms with Crippen molar-refractivity contribution >= 4 is 0 Å². The molecule has 6 unspecified atom stereocenters. The van der Waals surface area contributed by atoms with Crippen LogP contribution in [0.25, 0.3) is 0 Å². The van der Waals surface area contributed by atoms with Crippen LogP contribution in [0.4, 0.5) is 0 Å². The zero-order valence-corrected chi connectivity index (χ0v) is 8.89. The Morgan fingerprint density at radius 2 is 1.67 bits per heavy atom. The molecule has 5 aliphatic carbocycles. The van der Waals surface area contributed by atoms with Gasteiger partial charge >= 0.3 is 0 Å². The third-order valence-corrected chi connectivity index (χ3v) is 5.77. The first-order chi connectivity index (χ1) is 7.43. The first kappa shape index (κ1) is 7.49. The molecular weight excluding hydrogens is 180 g/mol. The van der Waals surface area contributed by atoms with Crippen LogP contribution in [0, 0.1) is 35.5 Å². The molecule has 1 saturated carbocycles. The van der Waals surface area contributed by atoms with Gasteiger partial charge in [0.05, 0.1) is 0 Å². The van der Waals surface area contributed by atoms with Gasteiger partial charge in [0.25, 0.3) is 0 Å². The van der Waals surface area contributed by atoms with Crippen molar-refractivity contribution in [3.8, 4) is 0 Å². The first-order valence-corrected chi connectivity index (χ1v) is 6.52. The molecule has 5 aliphatic rings. The van der Waals surface area contributed by atoms with E-state index in [0.29, 0.717) is 0 Å². The first-order valence-electron chi connectivity index (χ1n) is 6.52. The predicted molar refractivity (Wildman–Crippen MR) is 60.1 cm³/mol. The minimum absolute atomic E-state index is 0.870. The van der Waals surface area contributed by atoms with Gasteiger partial charge in [-0.2, -0.15) is 0 Å². The highest BCUT2D eigenvalue weighted by Crippen LogP contribution is 2.66.